The van der Waals surface area contributed by atoms with Gasteiger partial charge >= 0.3 is 5.97 Å². The second kappa shape index (κ2) is 17.5. The molecule has 32 heavy (non-hydrogen) atoms. The Morgan fingerprint density at radius 1 is 0.969 bits per heavy atom. The van der Waals surface area contributed by atoms with E-state index >= 15 is 0 Å². The van der Waals surface area contributed by atoms with Crippen LogP contribution in [0.1, 0.15) is 130 Å². The van der Waals surface area contributed by atoms with Crippen molar-refractivity contribution in [1.82, 2.24) is 0 Å². The second-order valence-electron chi connectivity index (χ2n) is 9.81. The van der Waals surface area contributed by atoms with Crippen molar-refractivity contribution < 1.29 is 23.8 Å². The van der Waals surface area contributed by atoms with E-state index in [1.54, 1.807) is 0 Å². The number of hydrogen-bond acceptors (Lipinski definition) is 5. The summed E-state index contributed by atoms with van der Waals surface area (Å²) >= 11 is 0. The number of Topliss-reactive ketones (excluding diaryl/α,β-unsaturated/α-hetero) is 1. The molecule has 0 radical (unpaired) electrons. The summed E-state index contributed by atoms with van der Waals surface area (Å²) in [6.07, 6.45) is 17.3. The Labute approximate surface area is 197 Å². The lowest BCUT2D eigenvalue weighted by Crippen LogP contribution is -2.30. The van der Waals surface area contributed by atoms with Gasteiger partial charge in [0, 0.05) is 32.1 Å². The van der Waals surface area contributed by atoms with Gasteiger partial charge in [0.25, 0.3) is 0 Å². The first-order valence-corrected chi connectivity index (χ1v) is 13.4. The molecular formula is C27H50O5. The van der Waals surface area contributed by atoms with Crippen molar-refractivity contribution in [2.75, 3.05) is 13.2 Å². The third-order valence-electron chi connectivity index (χ3n) is 6.36. The van der Waals surface area contributed by atoms with Crippen molar-refractivity contribution in [3.05, 3.63) is 0 Å². The minimum atomic E-state index is -0.322. The van der Waals surface area contributed by atoms with E-state index in [0.29, 0.717) is 18.1 Å². The molecule has 1 saturated carbocycles. The van der Waals surface area contributed by atoms with Gasteiger partial charge in [-0.1, -0.05) is 58.8 Å². The Hall–Kier alpha value is -0.940. The summed E-state index contributed by atoms with van der Waals surface area (Å²) in [6.45, 7) is 9.63. The standard InChI is InChI=1S/C17H30O3.C10H20O2/c1-2-3-4-5-6-10-17(19-12-13-20-17)11-9-15-7-8-16(18)14-15;1-4-5-6-7-8-10(11)12-9(2)3/h15H,2-14H2,1H3;9H,4-8H2,1-3H3. The van der Waals surface area contributed by atoms with Crippen LogP contribution in [0.25, 0.3) is 0 Å². The molecule has 0 aromatic rings. The van der Waals surface area contributed by atoms with Crippen molar-refractivity contribution in [3.63, 3.8) is 0 Å². The van der Waals surface area contributed by atoms with Crippen LogP contribution < -0.4 is 0 Å². The van der Waals surface area contributed by atoms with Crippen LogP contribution in [-0.4, -0.2) is 36.9 Å². The van der Waals surface area contributed by atoms with E-state index in [0.717, 1.165) is 64.6 Å². The molecule has 2 fully saturated rings. The Bertz CT molecular complexity index is 496. The van der Waals surface area contributed by atoms with Crippen LogP contribution in [0.15, 0.2) is 0 Å². The summed E-state index contributed by atoms with van der Waals surface area (Å²) < 4.78 is 16.8. The van der Waals surface area contributed by atoms with Crippen molar-refractivity contribution in [3.8, 4) is 0 Å². The van der Waals surface area contributed by atoms with E-state index in [1.165, 1.54) is 44.9 Å². The van der Waals surface area contributed by atoms with Gasteiger partial charge in [-0.15, -0.1) is 0 Å². The third-order valence-corrected chi connectivity index (χ3v) is 6.36. The zero-order valence-electron chi connectivity index (χ0n) is 21.4. The minimum absolute atomic E-state index is 0.0312. The lowest BCUT2D eigenvalue weighted by molar-refractivity contribution is -0.170. The molecule has 1 unspecified atom stereocenters. The molecule has 2 rings (SSSR count). The molecule has 1 atom stereocenters. The normalized spacial score (nSPS) is 19.8. The van der Waals surface area contributed by atoms with E-state index < -0.39 is 0 Å². The smallest absolute Gasteiger partial charge is 0.306 e. The lowest BCUT2D eigenvalue weighted by atomic mass is 9.94. The average Bonchev–Trinajstić information content (AvgIpc) is 3.39. The monoisotopic (exact) mass is 454 g/mol. The van der Waals surface area contributed by atoms with Crippen LogP contribution in [0.4, 0.5) is 0 Å². The van der Waals surface area contributed by atoms with Crippen molar-refractivity contribution in [2.45, 2.75) is 142 Å². The van der Waals surface area contributed by atoms with E-state index in [4.69, 9.17) is 14.2 Å². The van der Waals surface area contributed by atoms with Crippen molar-refractivity contribution in [2.24, 2.45) is 5.92 Å². The Balaban J connectivity index is 0.000000368. The number of unbranched alkanes of at least 4 members (excludes halogenated alkanes) is 7. The second-order valence-corrected chi connectivity index (χ2v) is 9.81. The van der Waals surface area contributed by atoms with E-state index in [9.17, 15) is 9.59 Å². The highest BCUT2D eigenvalue weighted by atomic mass is 16.7. The Morgan fingerprint density at radius 2 is 1.59 bits per heavy atom. The Morgan fingerprint density at radius 3 is 2.16 bits per heavy atom. The van der Waals surface area contributed by atoms with Crippen LogP contribution in [0.3, 0.4) is 0 Å². The molecule has 0 amide bonds. The Kier molecular flexibility index (Phi) is 15.9. The highest BCUT2D eigenvalue weighted by molar-refractivity contribution is 5.80. The number of hydrogen-bond donors (Lipinski definition) is 0. The molecule has 1 saturated heterocycles. The maximum atomic E-state index is 11.3. The first-order chi connectivity index (χ1) is 15.4. The summed E-state index contributed by atoms with van der Waals surface area (Å²) in [5.74, 6) is 0.642. The fourth-order valence-electron chi connectivity index (χ4n) is 4.49. The van der Waals surface area contributed by atoms with Gasteiger partial charge in [0.2, 0.25) is 0 Å². The van der Waals surface area contributed by atoms with Crippen molar-refractivity contribution in [1.29, 1.82) is 0 Å². The van der Waals surface area contributed by atoms with Crippen LogP contribution in [-0.2, 0) is 23.8 Å². The molecule has 1 aliphatic heterocycles. The van der Waals surface area contributed by atoms with Gasteiger partial charge in [0.15, 0.2) is 5.79 Å². The summed E-state index contributed by atoms with van der Waals surface area (Å²) in [6, 6.07) is 0. The number of rotatable bonds is 15. The van der Waals surface area contributed by atoms with Gasteiger partial charge in [-0.05, 0) is 45.4 Å². The summed E-state index contributed by atoms with van der Waals surface area (Å²) in [7, 11) is 0. The van der Waals surface area contributed by atoms with Gasteiger partial charge in [0.1, 0.15) is 5.78 Å². The van der Waals surface area contributed by atoms with E-state index in [1.807, 2.05) is 13.8 Å². The predicted molar refractivity (Wildman–Crippen MR) is 130 cm³/mol. The number of ether oxygens (including phenoxy) is 3. The number of ketones is 1. The van der Waals surface area contributed by atoms with Gasteiger partial charge in [0.05, 0.1) is 19.3 Å². The number of esters is 1. The predicted octanol–water partition coefficient (Wildman–Crippen LogP) is 7.15. The molecule has 2 aliphatic rings. The quantitative estimate of drug-likeness (QED) is 0.194. The van der Waals surface area contributed by atoms with Crippen LogP contribution in [0, 0.1) is 5.92 Å². The van der Waals surface area contributed by atoms with Crippen molar-refractivity contribution >= 4 is 11.8 Å². The van der Waals surface area contributed by atoms with Gasteiger partial charge in [-0.3, -0.25) is 9.59 Å². The topological polar surface area (TPSA) is 61.8 Å². The number of carbonyl (C=O) groups excluding carboxylic acids is 2. The van der Waals surface area contributed by atoms with Crippen LogP contribution in [0.2, 0.25) is 0 Å². The fourth-order valence-corrected chi connectivity index (χ4v) is 4.49. The molecule has 0 N–H and O–H groups in total. The SMILES string of the molecule is CCCCCCC(=O)OC(C)C.CCCCCCCC1(CCC2CCC(=O)C2)OCCO1. The van der Waals surface area contributed by atoms with Gasteiger partial charge < -0.3 is 14.2 Å². The summed E-state index contributed by atoms with van der Waals surface area (Å²) in [5, 5.41) is 0. The zero-order chi connectivity index (χ0) is 23.7. The molecule has 1 aliphatic carbocycles. The van der Waals surface area contributed by atoms with Crippen LogP contribution in [0.5, 0.6) is 0 Å². The molecule has 0 spiro atoms. The average molecular weight is 455 g/mol. The fraction of sp³-hybridized carbons (Fsp3) is 0.926. The first kappa shape index (κ1) is 29.1. The molecule has 0 bridgehead atoms. The zero-order valence-corrected chi connectivity index (χ0v) is 21.4. The molecule has 0 aromatic carbocycles. The lowest BCUT2D eigenvalue weighted by Gasteiger charge is -2.28. The maximum Gasteiger partial charge on any atom is 0.306 e. The van der Waals surface area contributed by atoms with Gasteiger partial charge in [-0.25, -0.2) is 0 Å². The molecule has 0 aromatic heterocycles. The van der Waals surface area contributed by atoms with Crippen LogP contribution >= 0.6 is 0 Å². The summed E-state index contributed by atoms with van der Waals surface area (Å²) in [4.78, 5) is 22.3. The van der Waals surface area contributed by atoms with Gasteiger partial charge in [-0.2, -0.15) is 0 Å². The molecular weight excluding hydrogens is 404 g/mol. The van der Waals surface area contributed by atoms with E-state index in [2.05, 4.69) is 13.8 Å². The molecule has 188 valence electrons. The maximum absolute atomic E-state index is 11.3. The highest BCUT2D eigenvalue weighted by Gasteiger charge is 2.37. The van der Waals surface area contributed by atoms with E-state index in [-0.39, 0.29) is 17.9 Å². The molecule has 5 heteroatoms. The minimum Gasteiger partial charge on any atom is -0.463 e. The summed E-state index contributed by atoms with van der Waals surface area (Å²) in [5.41, 5.74) is 0. The number of carbonyl (C=O) groups is 2. The third kappa shape index (κ3) is 13.6. The first-order valence-electron chi connectivity index (χ1n) is 13.4. The molecule has 5 nitrogen and oxygen atoms in total. The highest BCUT2D eigenvalue weighted by Crippen LogP contribution is 2.35. The largest absolute Gasteiger partial charge is 0.463 e. The molecule has 1 heterocycles.